The molecule has 28 heavy (non-hydrogen) atoms. The summed E-state index contributed by atoms with van der Waals surface area (Å²) in [5.41, 5.74) is 2.32. The van der Waals surface area contributed by atoms with Crippen molar-refractivity contribution in [3.05, 3.63) is 46.1 Å². The minimum atomic E-state index is -3.13. The van der Waals surface area contributed by atoms with Crippen LogP contribution in [0.1, 0.15) is 29.3 Å². The van der Waals surface area contributed by atoms with Gasteiger partial charge in [0.2, 0.25) is 0 Å². The molecule has 1 aliphatic rings. The van der Waals surface area contributed by atoms with Gasteiger partial charge in [0.1, 0.15) is 5.82 Å². The van der Waals surface area contributed by atoms with Crippen molar-refractivity contribution in [2.75, 3.05) is 30.9 Å². The van der Waals surface area contributed by atoms with E-state index in [0.717, 1.165) is 30.0 Å². The van der Waals surface area contributed by atoms with Crippen LogP contribution in [0.25, 0.3) is 0 Å². The molecule has 2 aromatic rings. The summed E-state index contributed by atoms with van der Waals surface area (Å²) in [7, 11) is -3.13. The van der Waals surface area contributed by atoms with Gasteiger partial charge in [0.25, 0.3) is 5.95 Å². The summed E-state index contributed by atoms with van der Waals surface area (Å²) in [6.07, 6.45) is 2.05. The van der Waals surface area contributed by atoms with Gasteiger partial charge in [0.15, 0.2) is 9.84 Å². The van der Waals surface area contributed by atoms with Crippen LogP contribution in [-0.4, -0.2) is 51.1 Å². The predicted octanol–water partition coefficient (Wildman–Crippen LogP) is 3.28. The Hall–Kier alpha value is -2.03. The quantitative estimate of drug-likeness (QED) is 0.687. The van der Waals surface area contributed by atoms with Crippen molar-refractivity contribution in [3.8, 4) is 0 Å². The number of benzene rings is 1. The van der Waals surface area contributed by atoms with Gasteiger partial charge in [-0.25, -0.2) is 18.4 Å². The molecule has 0 saturated carbocycles. The first-order chi connectivity index (χ1) is 13.3. The van der Waals surface area contributed by atoms with Crippen LogP contribution in [0.5, 0.6) is 0 Å². The molecule has 1 unspecified atom stereocenters. The van der Waals surface area contributed by atoms with Crippen LogP contribution in [0.4, 0.5) is 11.8 Å². The molecule has 7 nitrogen and oxygen atoms in total. The summed E-state index contributed by atoms with van der Waals surface area (Å²) in [5, 5.41) is 0.509. The molecule has 3 rings (SSSR count). The highest BCUT2D eigenvalue weighted by Crippen LogP contribution is 2.34. The van der Waals surface area contributed by atoms with E-state index in [1.165, 1.54) is 6.26 Å². The number of aryl methyl sites for hydroxylation is 1. The molecule has 0 radical (unpaired) electrons. The Morgan fingerprint density at radius 1 is 1.36 bits per heavy atom. The standard InChI is InChI=1S/C19H23ClN4O3S/c1-13-9-18(23-19(21-2)22-13)24-7-4-8-27-11-17(24)15-6-5-14(10-16(15)20)12-28(3,25)26/h5-6,9-10,17H,2,4,7-8,11-12H2,1,3H3. The molecule has 1 aromatic heterocycles. The van der Waals surface area contributed by atoms with Gasteiger partial charge in [-0.1, -0.05) is 23.7 Å². The molecule has 0 aliphatic carbocycles. The third-order valence-corrected chi connectivity index (χ3v) is 5.64. The number of hydrogen-bond acceptors (Lipinski definition) is 7. The van der Waals surface area contributed by atoms with Crippen molar-refractivity contribution >= 4 is 39.9 Å². The Morgan fingerprint density at radius 2 is 2.14 bits per heavy atom. The number of nitrogens with zero attached hydrogens (tertiary/aromatic N) is 4. The van der Waals surface area contributed by atoms with Gasteiger partial charge in [0, 0.05) is 36.2 Å². The van der Waals surface area contributed by atoms with Crippen molar-refractivity contribution in [2.24, 2.45) is 4.99 Å². The van der Waals surface area contributed by atoms with E-state index in [2.05, 4.69) is 26.6 Å². The number of aliphatic imine (C=N–C) groups is 1. The SMILES string of the molecule is C=Nc1nc(C)cc(N2CCCOCC2c2ccc(CS(C)(=O)=O)cc2Cl)n1. The van der Waals surface area contributed by atoms with E-state index < -0.39 is 9.84 Å². The van der Waals surface area contributed by atoms with Gasteiger partial charge < -0.3 is 9.64 Å². The van der Waals surface area contributed by atoms with E-state index in [4.69, 9.17) is 16.3 Å². The fourth-order valence-electron chi connectivity index (χ4n) is 3.30. The average molecular weight is 423 g/mol. The molecule has 2 heterocycles. The van der Waals surface area contributed by atoms with Crippen molar-refractivity contribution < 1.29 is 13.2 Å². The van der Waals surface area contributed by atoms with E-state index in [9.17, 15) is 8.42 Å². The van der Waals surface area contributed by atoms with E-state index in [0.29, 0.717) is 29.7 Å². The first-order valence-electron chi connectivity index (χ1n) is 8.89. The summed E-state index contributed by atoms with van der Waals surface area (Å²) in [5.74, 6) is 1.02. The highest BCUT2D eigenvalue weighted by Gasteiger charge is 2.27. The molecule has 1 fully saturated rings. The topological polar surface area (TPSA) is 84.8 Å². The highest BCUT2D eigenvalue weighted by atomic mass is 35.5. The van der Waals surface area contributed by atoms with Gasteiger partial charge in [0.05, 0.1) is 18.4 Å². The third kappa shape index (κ3) is 5.06. The lowest BCUT2D eigenvalue weighted by Crippen LogP contribution is -2.31. The maximum Gasteiger partial charge on any atom is 0.250 e. The molecule has 0 N–H and O–H groups in total. The molecule has 1 saturated heterocycles. The van der Waals surface area contributed by atoms with E-state index >= 15 is 0 Å². The second kappa shape index (κ2) is 8.55. The van der Waals surface area contributed by atoms with Crippen molar-refractivity contribution in [1.82, 2.24) is 9.97 Å². The lowest BCUT2D eigenvalue weighted by molar-refractivity contribution is 0.134. The number of aromatic nitrogens is 2. The number of halogens is 1. The minimum absolute atomic E-state index is 0.0443. The van der Waals surface area contributed by atoms with Crippen LogP contribution in [-0.2, 0) is 20.3 Å². The Morgan fingerprint density at radius 3 is 2.82 bits per heavy atom. The second-order valence-electron chi connectivity index (χ2n) is 6.89. The predicted molar refractivity (Wildman–Crippen MR) is 112 cm³/mol. The van der Waals surface area contributed by atoms with Crippen LogP contribution < -0.4 is 4.90 Å². The average Bonchev–Trinajstić information content (AvgIpc) is 2.86. The first kappa shape index (κ1) is 20.7. The van der Waals surface area contributed by atoms with Crippen LogP contribution in [0.15, 0.2) is 29.3 Å². The molecule has 1 atom stereocenters. The Kier molecular flexibility index (Phi) is 6.32. The summed E-state index contributed by atoms with van der Waals surface area (Å²) in [6.45, 7) is 7.23. The largest absolute Gasteiger partial charge is 0.379 e. The minimum Gasteiger partial charge on any atom is -0.379 e. The van der Waals surface area contributed by atoms with E-state index in [1.54, 1.807) is 12.1 Å². The summed E-state index contributed by atoms with van der Waals surface area (Å²) in [4.78, 5) is 14.7. The fourth-order valence-corrected chi connectivity index (χ4v) is 4.41. The Bertz CT molecular complexity index is 981. The highest BCUT2D eigenvalue weighted by molar-refractivity contribution is 7.89. The molecule has 150 valence electrons. The lowest BCUT2D eigenvalue weighted by atomic mass is 10.0. The summed E-state index contributed by atoms with van der Waals surface area (Å²) in [6, 6.07) is 7.12. The number of rotatable bonds is 5. The zero-order chi connectivity index (χ0) is 20.3. The molecule has 0 amide bonds. The summed E-state index contributed by atoms with van der Waals surface area (Å²) >= 11 is 6.55. The molecule has 0 spiro atoms. The smallest absolute Gasteiger partial charge is 0.250 e. The summed E-state index contributed by atoms with van der Waals surface area (Å²) < 4.78 is 28.9. The number of ether oxygens (including phenoxy) is 1. The normalized spacial score (nSPS) is 18.0. The van der Waals surface area contributed by atoms with Gasteiger partial charge in [-0.2, -0.15) is 4.98 Å². The molecular weight excluding hydrogens is 400 g/mol. The fraction of sp³-hybridized carbons (Fsp3) is 0.421. The molecule has 1 aromatic carbocycles. The van der Waals surface area contributed by atoms with Gasteiger partial charge in [-0.15, -0.1) is 0 Å². The van der Waals surface area contributed by atoms with Crippen LogP contribution in [0, 0.1) is 6.92 Å². The molecule has 9 heteroatoms. The van der Waals surface area contributed by atoms with Crippen LogP contribution in [0.3, 0.4) is 0 Å². The van der Waals surface area contributed by atoms with Crippen LogP contribution >= 0.6 is 11.6 Å². The third-order valence-electron chi connectivity index (χ3n) is 4.46. The van der Waals surface area contributed by atoms with Gasteiger partial charge in [-0.3, -0.25) is 0 Å². The van der Waals surface area contributed by atoms with Crippen molar-refractivity contribution in [2.45, 2.75) is 25.1 Å². The van der Waals surface area contributed by atoms with Gasteiger partial charge >= 0.3 is 0 Å². The van der Waals surface area contributed by atoms with Crippen molar-refractivity contribution in [3.63, 3.8) is 0 Å². The zero-order valence-corrected chi connectivity index (χ0v) is 17.5. The molecular formula is C19H23ClN4O3S. The first-order valence-corrected chi connectivity index (χ1v) is 11.3. The molecule has 1 aliphatic heterocycles. The van der Waals surface area contributed by atoms with Gasteiger partial charge in [-0.05, 0) is 37.3 Å². The molecule has 0 bridgehead atoms. The number of sulfone groups is 1. The van der Waals surface area contributed by atoms with Crippen molar-refractivity contribution in [1.29, 1.82) is 0 Å². The maximum atomic E-state index is 11.6. The van der Waals surface area contributed by atoms with E-state index in [-0.39, 0.29) is 11.8 Å². The van der Waals surface area contributed by atoms with Crippen LogP contribution in [0.2, 0.25) is 5.02 Å². The Balaban J connectivity index is 2.00. The number of hydrogen-bond donors (Lipinski definition) is 0. The number of anilines is 1. The van der Waals surface area contributed by atoms with E-state index in [1.807, 2.05) is 19.1 Å². The lowest BCUT2D eigenvalue weighted by Gasteiger charge is -2.31. The second-order valence-corrected chi connectivity index (χ2v) is 9.44. The monoisotopic (exact) mass is 422 g/mol. The zero-order valence-electron chi connectivity index (χ0n) is 15.9. The Labute approximate surface area is 170 Å². The maximum absolute atomic E-state index is 11.6.